The first-order chi connectivity index (χ1) is 11.6. The molecule has 2 unspecified atom stereocenters. The van der Waals surface area contributed by atoms with Gasteiger partial charge in [-0.15, -0.1) is 0 Å². The van der Waals surface area contributed by atoms with Gasteiger partial charge in [-0.05, 0) is 31.9 Å². The van der Waals surface area contributed by atoms with Crippen molar-refractivity contribution >= 4 is 17.5 Å². The quantitative estimate of drug-likeness (QED) is 0.825. The minimum Gasteiger partial charge on any atom is -0.479 e. The number of rotatable bonds is 5. The summed E-state index contributed by atoms with van der Waals surface area (Å²) in [4.78, 5) is 28.1. The van der Waals surface area contributed by atoms with Crippen molar-refractivity contribution in [3.05, 3.63) is 24.3 Å². The Morgan fingerprint density at radius 2 is 2.17 bits per heavy atom. The van der Waals surface area contributed by atoms with Gasteiger partial charge in [-0.1, -0.05) is 12.1 Å². The Kier molecular flexibility index (Phi) is 5.04. The molecule has 0 N–H and O–H groups in total. The average molecular weight is 332 g/mol. The number of ether oxygens (including phenoxy) is 2. The van der Waals surface area contributed by atoms with Crippen molar-refractivity contribution < 1.29 is 19.1 Å². The highest BCUT2D eigenvalue weighted by atomic mass is 16.5. The van der Waals surface area contributed by atoms with Crippen LogP contribution in [0.1, 0.15) is 26.2 Å². The van der Waals surface area contributed by atoms with Gasteiger partial charge in [0.2, 0.25) is 5.91 Å². The number of benzene rings is 1. The van der Waals surface area contributed by atoms with Crippen LogP contribution in [0, 0.1) is 0 Å². The number of hydrogen-bond acceptors (Lipinski definition) is 4. The predicted molar refractivity (Wildman–Crippen MR) is 90.1 cm³/mol. The molecular formula is C18H24N2O4. The number of nitrogens with zero attached hydrogens (tertiary/aromatic N) is 2. The van der Waals surface area contributed by atoms with Crippen molar-refractivity contribution in [3.63, 3.8) is 0 Å². The lowest BCUT2D eigenvalue weighted by molar-refractivity contribution is -0.131. The molecule has 1 saturated heterocycles. The number of fused-ring (bicyclic) bond motifs is 1. The average Bonchev–Trinajstić information content (AvgIpc) is 3.08. The van der Waals surface area contributed by atoms with E-state index < -0.39 is 6.10 Å². The summed E-state index contributed by atoms with van der Waals surface area (Å²) in [7, 11) is 1.79. The van der Waals surface area contributed by atoms with Crippen LogP contribution in [0.25, 0.3) is 0 Å². The number of para-hydroxylation sites is 2. The van der Waals surface area contributed by atoms with E-state index in [1.165, 1.54) is 0 Å². The van der Waals surface area contributed by atoms with Crippen molar-refractivity contribution in [3.8, 4) is 5.75 Å². The molecule has 1 aromatic carbocycles. The lowest BCUT2D eigenvalue weighted by Gasteiger charge is -2.33. The first-order valence-electron chi connectivity index (χ1n) is 8.49. The fourth-order valence-corrected chi connectivity index (χ4v) is 3.18. The molecule has 0 saturated carbocycles. The summed E-state index contributed by atoms with van der Waals surface area (Å²) in [5.41, 5.74) is 0.732. The summed E-state index contributed by atoms with van der Waals surface area (Å²) < 4.78 is 11.2. The number of anilines is 1. The topological polar surface area (TPSA) is 59.1 Å². The molecule has 6 heteroatoms. The van der Waals surface area contributed by atoms with Crippen LogP contribution in [0.15, 0.2) is 24.3 Å². The largest absolute Gasteiger partial charge is 0.479 e. The molecule has 0 radical (unpaired) electrons. The fourth-order valence-electron chi connectivity index (χ4n) is 3.18. The zero-order chi connectivity index (χ0) is 17.1. The van der Waals surface area contributed by atoms with E-state index in [1.807, 2.05) is 24.3 Å². The van der Waals surface area contributed by atoms with E-state index in [0.717, 1.165) is 25.1 Å². The molecule has 2 atom stereocenters. The van der Waals surface area contributed by atoms with Crippen LogP contribution < -0.4 is 9.64 Å². The van der Waals surface area contributed by atoms with Gasteiger partial charge in [0.25, 0.3) is 5.91 Å². The summed E-state index contributed by atoms with van der Waals surface area (Å²) in [5.74, 6) is 0.600. The lowest BCUT2D eigenvalue weighted by Crippen LogP contribution is -2.46. The van der Waals surface area contributed by atoms with E-state index in [-0.39, 0.29) is 24.3 Å². The van der Waals surface area contributed by atoms with Gasteiger partial charge in [-0.3, -0.25) is 9.59 Å². The highest BCUT2D eigenvalue weighted by Gasteiger charge is 2.31. The number of hydrogen-bond donors (Lipinski definition) is 0. The second kappa shape index (κ2) is 7.21. The van der Waals surface area contributed by atoms with Gasteiger partial charge in [0.1, 0.15) is 5.75 Å². The SMILES string of the molecule is CC1Oc2ccccc2N(CCC(=O)N(C)CC2CCCO2)C1=O. The van der Waals surface area contributed by atoms with Crippen LogP contribution in [0.3, 0.4) is 0 Å². The summed E-state index contributed by atoms with van der Waals surface area (Å²) in [6.07, 6.45) is 1.97. The first kappa shape index (κ1) is 16.8. The number of likely N-dealkylation sites (N-methyl/N-ethyl adjacent to an activating group) is 1. The Morgan fingerprint density at radius 1 is 1.38 bits per heavy atom. The second-order valence-electron chi connectivity index (χ2n) is 6.38. The predicted octanol–water partition coefficient (Wildman–Crippen LogP) is 1.83. The molecule has 6 nitrogen and oxygen atoms in total. The Balaban J connectivity index is 1.60. The Morgan fingerprint density at radius 3 is 2.92 bits per heavy atom. The molecule has 2 heterocycles. The normalized spacial score (nSPS) is 22.9. The first-order valence-corrected chi connectivity index (χ1v) is 8.49. The van der Waals surface area contributed by atoms with Crippen molar-refractivity contribution in [1.29, 1.82) is 0 Å². The Labute approximate surface area is 142 Å². The maximum absolute atomic E-state index is 12.4. The van der Waals surface area contributed by atoms with Gasteiger partial charge < -0.3 is 19.3 Å². The number of carbonyl (C=O) groups excluding carboxylic acids is 2. The molecule has 2 amide bonds. The van der Waals surface area contributed by atoms with Crippen LogP contribution in [0.5, 0.6) is 5.75 Å². The second-order valence-corrected chi connectivity index (χ2v) is 6.38. The Bertz CT molecular complexity index is 613. The molecular weight excluding hydrogens is 308 g/mol. The van der Waals surface area contributed by atoms with Gasteiger partial charge in [0, 0.05) is 33.2 Å². The molecule has 24 heavy (non-hydrogen) atoms. The molecule has 0 bridgehead atoms. The van der Waals surface area contributed by atoms with E-state index in [1.54, 1.807) is 23.8 Å². The fraction of sp³-hybridized carbons (Fsp3) is 0.556. The van der Waals surface area contributed by atoms with E-state index >= 15 is 0 Å². The van der Waals surface area contributed by atoms with Crippen LogP contribution in [0.4, 0.5) is 5.69 Å². The third-order valence-electron chi connectivity index (χ3n) is 4.55. The maximum atomic E-state index is 12.4. The zero-order valence-corrected chi connectivity index (χ0v) is 14.2. The standard InChI is InChI=1S/C18H24N2O4/c1-13-18(22)20(15-7-3-4-8-16(15)24-13)10-9-17(21)19(2)12-14-6-5-11-23-14/h3-4,7-8,13-14H,5-6,9-12H2,1-2H3. The van der Waals surface area contributed by atoms with Crippen LogP contribution >= 0.6 is 0 Å². The molecule has 2 aliphatic heterocycles. The summed E-state index contributed by atoms with van der Waals surface area (Å²) in [6.45, 7) is 3.49. The van der Waals surface area contributed by atoms with Crippen molar-refractivity contribution in [2.75, 3.05) is 31.6 Å². The molecule has 3 rings (SSSR count). The Hall–Kier alpha value is -2.08. The van der Waals surface area contributed by atoms with Gasteiger partial charge in [-0.25, -0.2) is 0 Å². The summed E-state index contributed by atoms with van der Waals surface area (Å²) in [5, 5.41) is 0. The van der Waals surface area contributed by atoms with E-state index in [4.69, 9.17) is 9.47 Å². The van der Waals surface area contributed by atoms with Crippen molar-refractivity contribution in [2.45, 2.75) is 38.4 Å². The van der Waals surface area contributed by atoms with Crippen molar-refractivity contribution in [2.24, 2.45) is 0 Å². The third-order valence-corrected chi connectivity index (χ3v) is 4.55. The summed E-state index contributed by atoms with van der Waals surface area (Å²) in [6, 6.07) is 7.43. The molecule has 0 aromatic heterocycles. The summed E-state index contributed by atoms with van der Waals surface area (Å²) >= 11 is 0. The molecule has 1 aromatic rings. The maximum Gasteiger partial charge on any atom is 0.267 e. The smallest absolute Gasteiger partial charge is 0.267 e. The lowest BCUT2D eigenvalue weighted by atomic mass is 10.1. The van der Waals surface area contributed by atoms with E-state index in [9.17, 15) is 9.59 Å². The monoisotopic (exact) mass is 332 g/mol. The van der Waals surface area contributed by atoms with Gasteiger partial charge in [0.05, 0.1) is 11.8 Å². The van der Waals surface area contributed by atoms with Crippen LogP contribution in [-0.2, 0) is 14.3 Å². The van der Waals surface area contributed by atoms with E-state index in [0.29, 0.717) is 18.8 Å². The minimum absolute atomic E-state index is 0.0231. The van der Waals surface area contributed by atoms with Crippen LogP contribution in [-0.4, -0.2) is 55.7 Å². The van der Waals surface area contributed by atoms with E-state index in [2.05, 4.69) is 0 Å². The van der Waals surface area contributed by atoms with Gasteiger partial charge >= 0.3 is 0 Å². The number of amides is 2. The highest BCUT2D eigenvalue weighted by molar-refractivity contribution is 6.00. The molecule has 0 aliphatic carbocycles. The highest BCUT2D eigenvalue weighted by Crippen LogP contribution is 2.33. The van der Waals surface area contributed by atoms with Crippen LogP contribution in [0.2, 0.25) is 0 Å². The van der Waals surface area contributed by atoms with Crippen molar-refractivity contribution in [1.82, 2.24) is 4.90 Å². The van der Waals surface area contributed by atoms with Gasteiger partial charge in [0.15, 0.2) is 6.10 Å². The molecule has 2 aliphatic rings. The third kappa shape index (κ3) is 3.53. The minimum atomic E-state index is -0.528. The molecule has 1 fully saturated rings. The zero-order valence-electron chi connectivity index (χ0n) is 14.2. The molecule has 0 spiro atoms. The van der Waals surface area contributed by atoms with Gasteiger partial charge in [-0.2, -0.15) is 0 Å². The molecule has 130 valence electrons. The number of carbonyl (C=O) groups is 2.